The minimum absolute atomic E-state index is 0.321. The Hall–Kier alpha value is -1.30. The van der Waals surface area contributed by atoms with Crippen molar-refractivity contribution in [2.24, 2.45) is 0 Å². The molecule has 0 N–H and O–H groups in total. The topological polar surface area (TPSA) is 9.23 Å². The van der Waals surface area contributed by atoms with Crippen LogP contribution in [0.3, 0.4) is 0 Å². The van der Waals surface area contributed by atoms with Gasteiger partial charge in [0.15, 0.2) is 0 Å². The van der Waals surface area contributed by atoms with Crippen LogP contribution in [0.25, 0.3) is 0 Å². The van der Waals surface area contributed by atoms with Crippen molar-refractivity contribution in [2.75, 3.05) is 7.11 Å². The zero-order valence-electron chi connectivity index (χ0n) is 14.0. The standard InChI is InChI=1S/C15H12ClF11O/c1-10(28-2,8-5-3-4-6-9(8)16)7-11(17,18)12(19,20)13(21,22)14(23,24)15(25,26)27/h3-6H,7H2,1-2H3. The number of halogens is 12. The van der Waals surface area contributed by atoms with E-state index in [1.165, 1.54) is 12.1 Å². The quantitative estimate of drug-likeness (QED) is 0.419. The fourth-order valence-electron chi connectivity index (χ4n) is 2.31. The first-order valence-electron chi connectivity index (χ1n) is 7.16. The molecule has 0 aliphatic rings. The molecule has 28 heavy (non-hydrogen) atoms. The monoisotopic (exact) mass is 452 g/mol. The lowest BCUT2D eigenvalue weighted by Crippen LogP contribution is -2.67. The average molecular weight is 453 g/mol. The van der Waals surface area contributed by atoms with Crippen LogP contribution in [0.5, 0.6) is 0 Å². The maximum Gasteiger partial charge on any atom is 0.460 e. The van der Waals surface area contributed by atoms with Crippen LogP contribution < -0.4 is 0 Å². The van der Waals surface area contributed by atoms with E-state index >= 15 is 0 Å². The van der Waals surface area contributed by atoms with E-state index in [9.17, 15) is 48.3 Å². The Balaban J connectivity index is 3.45. The van der Waals surface area contributed by atoms with Crippen molar-refractivity contribution < 1.29 is 53.0 Å². The molecule has 0 amide bonds. The molecule has 0 heterocycles. The van der Waals surface area contributed by atoms with Gasteiger partial charge < -0.3 is 4.74 Å². The van der Waals surface area contributed by atoms with Gasteiger partial charge in [-0.1, -0.05) is 29.8 Å². The fraction of sp³-hybridized carbons (Fsp3) is 0.600. The van der Waals surface area contributed by atoms with Gasteiger partial charge in [0, 0.05) is 17.7 Å². The van der Waals surface area contributed by atoms with Gasteiger partial charge >= 0.3 is 29.9 Å². The van der Waals surface area contributed by atoms with Crippen LogP contribution >= 0.6 is 11.6 Å². The van der Waals surface area contributed by atoms with Crippen molar-refractivity contribution in [3.63, 3.8) is 0 Å². The van der Waals surface area contributed by atoms with Gasteiger partial charge in [-0.15, -0.1) is 0 Å². The van der Waals surface area contributed by atoms with Crippen LogP contribution in [0.1, 0.15) is 18.9 Å². The molecule has 0 aliphatic carbocycles. The highest BCUT2D eigenvalue weighted by atomic mass is 35.5. The third kappa shape index (κ3) is 3.77. The second-order valence-corrected chi connectivity index (χ2v) is 6.42. The summed E-state index contributed by atoms with van der Waals surface area (Å²) >= 11 is 5.72. The van der Waals surface area contributed by atoms with Crippen LogP contribution in [-0.4, -0.2) is 37.0 Å². The van der Waals surface area contributed by atoms with Gasteiger partial charge in [0.25, 0.3) is 0 Å². The zero-order valence-corrected chi connectivity index (χ0v) is 14.7. The van der Waals surface area contributed by atoms with Crippen LogP contribution in [0.2, 0.25) is 5.02 Å². The number of benzene rings is 1. The van der Waals surface area contributed by atoms with Crippen LogP contribution in [0.4, 0.5) is 48.3 Å². The molecule has 0 bridgehead atoms. The van der Waals surface area contributed by atoms with Crippen molar-refractivity contribution in [1.29, 1.82) is 0 Å². The van der Waals surface area contributed by atoms with Crippen molar-refractivity contribution >= 4 is 11.6 Å². The maximum absolute atomic E-state index is 14.1. The molecule has 0 saturated heterocycles. The second-order valence-electron chi connectivity index (χ2n) is 6.02. The van der Waals surface area contributed by atoms with E-state index in [4.69, 9.17) is 11.6 Å². The Morgan fingerprint density at radius 2 is 1.25 bits per heavy atom. The molecule has 1 nitrogen and oxygen atoms in total. The number of alkyl halides is 11. The highest BCUT2D eigenvalue weighted by molar-refractivity contribution is 6.31. The van der Waals surface area contributed by atoms with Gasteiger partial charge in [-0.05, 0) is 13.0 Å². The smallest absolute Gasteiger partial charge is 0.374 e. The van der Waals surface area contributed by atoms with Crippen LogP contribution in [-0.2, 0) is 10.3 Å². The average Bonchev–Trinajstić information content (AvgIpc) is 2.53. The van der Waals surface area contributed by atoms with Crippen molar-refractivity contribution in [3.05, 3.63) is 34.9 Å². The number of methoxy groups -OCH3 is 1. The largest absolute Gasteiger partial charge is 0.460 e. The first kappa shape index (κ1) is 24.7. The summed E-state index contributed by atoms with van der Waals surface area (Å²) in [5, 5.41) is -0.321. The lowest BCUT2D eigenvalue weighted by Gasteiger charge is -2.40. The molecule has 1 unspecified atom stereocenters. The SMILES string of the molecule is COC(C)(CC(F)(F)C(F)(F)C(F)(F)C(F)(F)C(F)(F)F)c1ccccc1Cl. The van der Waals surface area contributed by atoms with Crippen molar-refractivity contribution in [2.45, 2.75) is 48.8 Å². The maximum atomic E-state index is 14.1. The second kappa shape index (κ2) is 7.19. The summed E-state index contributed by atoms with van der Waals surface area (Å²) in [6.07, 6.45) is -9.58. The lowest BCUT2D eigenvalue weighted by molar-refractivity contribution is -0.424. The summed E-state index contributed by atoms with van der Waals surface area (Å²) in [6.45, 7) is 0.707. The first-order valence-corrected chi connectivity index (χ1v) is 7.54. The van der Waals surface area contributed by atoms with E-state index in [1.54, 1.807) is 0 Å². The summed E-state index contributed by atoms with van der Waals surface area (Å²) in [5.41, 5.74) is -2.94. The Kier molecular flexibility index (Phi) is 6.35. The minimum atomic E-state index is -7.46. The Morgan fingerprint density at radius 3 is 1.64 bits per heavy atom. The van der Waals surface area contributed by atoms with E-state index in [2.05, 4.69) is 4.74 Å². The molecule has 1 rings (SSSR count). The van der Waals surface area contributed by atoms with E-state index < -0.39 is 47.5 Å². The minimum Gasteiger partial charge on any atom is -0.374 e. The molecule has 0 spiro atoms. The molecule has 1 atom stereocenters. The molecule has 0 saturated carbocycles. The van der Waals surface area contributed by atoms with Gasteiger partial charge in [-0.25, -0.2) is 0 Å². The van der Waals surface area contributed by atoms with Crippen molar-refractivity contribution in [1.82, 2.24) is 0 Å². The Labute approximate surface area is 156 Å². The predicted molar refractivity (Wildman–Crippen MR) is 76.3 cm³/mol. The molecular formula is C15H12ClF11O. The van der Waals surface area contributed by atoms with Crippen LogP contribution in [0, 0.1) is 0 Å². The number of ether oxygens (including phenoxy) is 1. The molecule has 0 fully saturated rings. The fourth-order valence-corrected chi connectivity index (χ4v) is 2.64. The third-order valence-electron chi connectivity index (χ3n) is 4.06. The normalized spacial score (nSPS) is 16.8. The van der Waals surface area contributed by atoms with Crippen LogP contribution in [0.15, 0.2) is 24.3 Å². The molecule has 1 aromatic carbocycles. The van der Waals surface area contributed by atoms with Crippen molar-refractivity contribution in [3.8, 4) is 0 Å². The summed E-state index contributed by atoms with van der Waals surface area (Å²) < 4.78 is 149. The van der Waals surface area contributed by atoms with Gasteiger partial charge in [0.2, 0.25) is 0 Å². The molecule has 162 valence electrons. The van der Waals surface area contributed by atoms with E-state index in [0.29, 0.717) is 14.0 Å². The molecule has 13 heteroatoms. The molecule has 0 radical (unpaired) electrons. The lowest BCUT2D eigenvalue weighted by atomic mass is 9.85. The predicted octanol–water partition coefficient (Wildman–Crippen LogP) is 6.70. The highest BCUT2D eigenvalue weighted by Crippen LogP contribution is 2.59. The number of hydrogen-bond acceptors (Lipinski definition) is 1. The van der Waals surface area contributed by atoms with Gasteiger partial charge in [-0.3, -0.25) is 0 Å². The summed E-state index contributed by atoms with van der Waals surface area (Å²) in [6, 6.07) is 4.60. The van der Waals surface area contributed by atoms with Gasteiger partial charge in [0.05, 0.1) is 12.0 Å². The van der Waals surface area contributed by atoms with E-state index in [-0.39, 0.29) is 5.02 Å². The highest BCUT2D eigenvalue weighted by Gasteiger charge is 2.87. The third-order valence-corrected chi connectivity index (χ3v) is 4.39. The summed E-state index contributed by atoms with van der Waals surface area (Å²) in [5.74, 6) is -28.0. The number of hydrogen-bond donors (Lipinski definition) is 0. The molecule has 0 aliphatic heterocycles. The summed E-state index contributed by atoms with van der Waals surface area (Å²) in [7, 11) is 0.708. The van der Waals surface area contributed by atoms with E-state index in [0.717, 1.165) is 12.1 Å². The molecular weight excluding hydrogens is 441 g/mol. The molecule has 0 aromatic heterocycles. The zero-order chi connectivity index (χ0) is 22.4. The number of rotatable bonds is 7. The Morgan fingerprint density at radius 1 is 0.786 bits per heavy atom. The summed E-state index contributed by atoms with van der Waals surface area (Å²) in [4.78, 5) is 0. The Bertz CT molecular complexity index is 701. The molecule has 1 aromatic rings. The van der Waals surface area contributed by atoms with Gasteiger partial charge in [-0.2, -0.15) is 48.3 Å². The first-order chi connectivity index (χ1) is 12.3. The van der Waals surface area contributed by atoms with Gasteiger partial charge in [0.1, 0.15) is 0 Å². The van der Waals surface area contributed by atoms with E-state index in [1.807, 2.05) is 0 Å².